The van der Waals surface area contributed by atoms with Crippen molar-refractivity contribution in [3.8, 4) is 0 Å². The Kier molecular flexibility index (Phi) is 4.35. The molecule has 4 nitrogen and oxygen atoms in total. The molecule has 6 heteroatoms. The van der Waals surface area contributed by atoms with Crippen molar-refractivity contribution < 1.29 is 4.79 Å². The number of fused-ring (bicyclic) bond motifs is 1. The zero-order valence-electron chi connectivity index (χ0n) is 11.7. The minimum absolute atomic E-state index is 0.00557. The summed E-state index contributed by atoms with van der Waals surface area (Å²) < 4.78 is 1.03. The van der Waals surface area contributed by atoms with Crippen LogP contribution in [0.2, 0.25) is 0 Å². The maximum absolute atomic E-state index is 12.4. The smallest absolute Gasteiger partial charge is 0.246 e. The van der Waals surface area contributed by atoms with Crippen LogP contribution in [0.3, 0.4) is 0 Å². The van der Waals surface area contributed by atoms with Crippen molar-refractivity contribution in [2.45, 2.75) is 31.4 Å². The van der Waals surface area contributed by atoms with E-state index in [4.69, 9.17) is 0 Å². The van der Waals surface area contributed by atoms with Gasteiger partial charge < -0.3 is 0 Å². The summed E-state index contributed by atoms with van der Waals surface area (Å²) >= 11 is 4.97. The van der Waals surface area contributed by atoms with Gasteiger partial charge in [0.2, 0.25) is 5.91 Å². The molecule has 1 fully saturated rings. The SMILES string of the molecule is CCCC[C@@H]1SC2=NNC(c3ccc(Br)cc3)=CN2C1=O. The highest BCUT2D eigenvalue weighted by atomic mass is 79.9. The van der Waals surface area contributed by atoms with Crippen LogP contribution in [0.25, 0.3) is 5.70 Å². The summed E-state index contributed by atoms with van der Waals surface area (Å²) in [7, 11) is 0. The number of benzene rings is 1. The molecule has 0 spiro atoms. The molecule has 0 saturated carbocycles. The van der Waals surface area contributed by atoms with Gasteiger partial charge in [0.15, 0.2) is 5.17 Å². The number of hydrogen-bond donors (Lipinski definition) is 1. The lowest BCUT2D eigenvalue weighted by Crippen LogP contribution is -2.32. The van der Waals surface area contributed by atoms with E-state index in [0.29, 0.717) is 0 Å². The van der Waals surface area contributed by atoms with E-state index < -0.39 is 0 Å². The van der Waals surface area contributed by atoms with Crippen LogP contribution in [-0.2, 0) is 4.79 Å². The van der Waals surface area contributed by atoms with Gasteiger partial charge in [0.1, 0.15) is 0 Å². The van der Waals surface area contributed by atoms with E-state index in [-0.39, 0.29) is 11.2 Å². The number of amides is 1. The first-order valence-electron chi connectivity index (χ1n) is 7.00. The fraction of sp³-hybridized carbons (Fsp3) is 0.333. The zero-order chi connectivity index (χ0) is 14.8. The largest absolute Gasteiger partial charge is 0.274 e. The van der Waals surface area contributed by atoms with E-state index in [2.05, 4.69) is 33.4 Å². The molecular formula is C15H16BrN3OS. The zero-order valence-corrected chi connectivity index (χ0v) is 14.1. The van der Waals surface area contributed by atoms with E-state index in [0.717, 1.165) is 40.2 Å². The molecule has 1 N–H and O–H groups in total. The van der Waals surface area contributed by atoms with E-state index in [1.54, 1.807) is 16.7 Å². The minimum atomic E-state index is 0.00557. The minimum Gasteiger partial charge on any atom is -0.274 e. The van der Waals surface area contributed by atoms with E-state index >= 15 is 0 Å². The van der Waals surface area contributed by atoms with E-state index in [9.17, 15) is 4.79 Å². The van der Waals surface area contributed by atoms with Crippen LogP contribution in [0, 0.1) is 0 Å². The van der Waals surface area contributed by atoms with Gasteiger partial charge in [-0.2, -0.15) is 0 Å². The average Bonchev–Trinajstić information content (AvgIpc) is 2.82. The number of hydrogen-bond acceptors (Lipinski definition) is 4. The van der Waals surface area contributed by atoms with Crippen LogP contribution < -0.4 is 5.43 Å². The quantitative estimate of drug-likeness (QED) is 0.883. The van der Waals surface area contributed by atoms with Crippen LogP contribution >= 0.6 is 27.7 Å². The first kappa shape index (κ1) is 14.7. The lowest BCUT2D eigenvalue weighted by Gasteiger charge is -2.19. The van der Waals surface area contributed by atoms with Gasteiger partial charge >= 0.3 is 0 Å². The van der Waals surface area contributed by atoms with Crippen molar-refractivity contribution >= 4 is 44.5 Å². The van der Waals surface area contributed by atoms with Gasteiger partial charge in [-0.15, -0.1) is 5.10 Å². The lowest BCUT2D eigenvalue weighted by molar-refractivity contribution is -0.124. The van der Waals surface area contributed by atoms with E-state index in [1.807, 2.05) is 30.5 Å². The number of nitrogens with zero attached hydrogens (tertiary/aromatic N) is 2. The molecule has 1 saturated heterocycles. The van der Waals surface area contributed by atoms with Crippen molar-refractivity contribution in [3.05, 3.63) is 40.5 Å². The number of rotatable bonds is 4. The summed E-state index contributed by atoms with van der Waals surface area (Å²) in [6.07, 6.45) is 4.94. The molecular weight excluding hydrogens is 350 g/mol. The number of carbonyl (C=O) groups is 1. The van der Waals surface area contributed by atoms with Crippen molar-refractivity contribution in [1.82, 2.24) is 10.3 Å². The molecule has 1 aromatic rings. The fourth-order valence-electron chi connectivity index (χ4n) is 2.29. The maximum atomic E-state index is 12.4. The highest BCUT2D eigenvalue weighted by molar-refractivity contribution is 9.10. The van der Waals surface area contributed by atoms with Crippen molar-refractivity contribution in [3.63, 3.8) is 0 Å². The van der Waals surface area contributed by atoms with E-state index in [1.165, 1.54) is 0 Å². The van der Waals surface area contributed by atoms with Crippen LogP contribution in [0.5, 0.6) is 0 Å². The van der Waals surface area contributed by atoms with Gasteiger partial charge in [-0.3, -0.25) is 15.1 Å². The molecule has 0 bridgehead atoms. The predicted octanol–water partition coefficient (Wildman–Crippen LogP) is 3.76. The summed E-state index contributed by atoms with van der Waals surface area (Å²) in [5.41, 5.74) is 4.90. The summed E-state index contributed by atoms with van der Waals surface area (Å²) in [5, 5.41) is 5.09. The topological polar surface area (TPSA) is 44.7 Å². The van der Waals surface area contributed by atoms with Crippen LogP contribution in [0.4, 0.5) is 0 Å². The standard InChI is InChI=1S/C15H16BrN3OS/c1-2-3-4-13-14(20)19-9-12(17-18-15(19)21-13)10-5-7-11(16)8-6-10/h5-9,13,17H,2-4H2,1H3/t13-/m0/s1. The molecule has 2 aliphatic heterocycles. The van der Waals surface area contributed by atoms with Crippen LogP contribution in [0.1, 0.15) is 31.7 Å². The Morgan fingerprint density at radius 1 is 1.38 bits per heavy atom. The Hall–Kier alpha value is -1.27. The maximum Gasteiger partial charge on any atom is 0.246 e. The average molecular weight is 366 g/mol. The Labute approximate surface area is 136 Å². The third kappa shape index (κ3) is 3.01. The van der Waals surface area contributed by atoms with Gasteiger partial charge in [0.05, 0.1) is 10.9 Å². The Balaban J connectivity index is 1.79. The lowest BCUT2D eigenvalue weighted by atomic mass is 10.1. The predicted molar refractivity (Wildman–Crippen MR) is 90.4 cm³/mol. The second kappa shape index (κ2) is 6.23. The van der Waals surface area contributed by atoms with Crippen molar-refractivity contribution in [2.75, 3.05) is 0 Å². The number of carbonyl (C=O) groups excluding carboxylic acids is 1. The normalized spacial score (nSPS) is 20.8. The summed E-state index contributed by atoms with van der Waals surface area (Å²) in [6, 6.07) is 7.93. The first-order valence-corrected chi connectivity index (χ1v) is 8.67. The molecule has 0 aromatic heterocycles. The first-order chi connectivity index (χ1) is 10.2. The highest BCUT2D eigenvalue weighted by Gasteiger charge is 2.38. The summed E-state index contributed by atoms with van der Waals surface area (Å²) in [6.45, 7) is 2.14. The molecule has 1 aromatic carbocycles. The highest BCUT2D eigenvalue weighted by Crippen LogP contribution is 2.33. The molecule has 3 rings (SSSR count). The second-order valence-electron chi connectivity index (χ2n) is 5.01. The van der Waals surface area contributed by atoms with Gasteiger partial charge in [-0.05, 0) is 18.6 Å². The Morgan fingerprint density at radius 3 is 2.86 bits per heavy atom. The Bertz CT molecular complexity index is 612. The van der Waals surface area contributed by atoms with Gasteiger partial charge in [0.25, 0.3) is 0 Å². The molecule has 1 amide bonds. The molecule has 0 unspecified atom stereocenters. The van der Waals surface area contributed by atoms with Gasteiger partial charge in [-0.25, -0.2) is 0 Å². The Morgan fingerprint density at radius 2 is 2.14 bits per heavy atom. The summed E-state index contributed by atoms with van der Waals surface area (Å²) in [5.74, 6) is 0.142. The summed E-state index contributed by atoms with van der Waals surface area (Å²) in [4.78, 5) is 14.1. The molecule has 0 radical (unpaired) electrons. The third-order valence-electron chi connectivity index (χ3n) is 3.47. The molecule has 2 heterocycles. The number of hydrazone groups is 1. The van der Waals surface area contributed by atoms with Gasteiger partial charge in [-0.1, -0.05) is 59.6 Å². The number of nitrogens with one attached hydrogen (secondary N) is 1. The van der Waals surface area contributed by atoms with Gasteiger partial charge in [0, 0.05) is 16.2 Å². The number of thioether (sulfide) groups is 1. The monoisotopic (exact) mass is 365 g/mol. The number of halogens is 1. The number of amidine groups is 1. The fourth-order valence-corrected chi connectivity index (χ4v) is 3.66. The van der Waals surface area contributed by atoms with Crippen LogP contribution in [0.15, 0.2) is 40.0 Å². The molecule has 110 valence electrons. The van der Waals surface area contributed by atoms with Crippen molar-refractivity contribution in [1.29, 1.82) is 0 Å². The van der Waals surface area contributed by atoms with Crippen molar-refractivity contribution in [2.24, 2.45) is 5.10 Å². The molecule has 1 atom stereocenters. The van der Waals surface area contributed by atoms with Crippen LogP contribution in [-0.4, -0.2) is 21.2 Å². The third-order valence-corrected chi connectivity index (χ3v) is 5.22. The molecule has 21 heavy (non-hydrogen) atoms. The second-order valence-corrected chi connectivity index (χ2v) is 7.10. The molecule has 0 aliphatic carbocycles. The molecule has 2 aliphatic rings. The number of unbranched alkanes of at least 4 members (excludes halogenated alkanes) is 1.